The lowest BCUT2D eigenvalue weighted by atomic mass is 10.0. The third kappa shape index (κ3) is 5.01. The summed E-state index contributed by atoms with van der Waals surface area (Å²) in [5, 5.41) is 0.155. The lowest BCUT2D eigenvalue weighted by molar-refractivity contribution is 0.434. The maximum Gasteiger partial charge on any atom is 0.242 e. The zero-order valence-corrected chi connectivity index (χ0v) is 14.1. The zero-order valence-electron chi connectivity index (χ0n) is 12.5. The maximum atomic E-state index is 12.4. The summed E-state index contributed by atoms with van der Waals surface area (Å²) in [6.45, 7) is 6.11. The first kappa shape index (κ1) is 18.0. The Balaban J connectivity index is 3.04. The monoisotopic (exact) mass is 328 g/mol. The topological polar surface area (TPSA) is 72.2 Å². The predicted octanol–water partition coefficient (Wildman–Crippen LogP) is 2.36. The van der Waals surface area contributed by atoms with Crippen molar-refractivity contribution >= 4 is 21.6 Å². The van der Waals surface area contributed by atoms with Crippen LogP contribution in [0.5, 0.6) is 0 Å². The van der Waals surface area contributed by atoms with E-state index in [1.54, 1.807) is 6.07 Å². The van der Waals surface area contributed by atoms with Gasteiger partial charge < -0.3 is 5.73 Å². The van der Waals surface area contributed by atoms with Crippen LogP contribution < -0.4 is 10.5 Å². The smallest absolute Gasteiger partial charge is 0.242 e. The van der Waals surface area contributed by atoms with E-state index in [1.165, 1.54) is 12.1 Å². The Morgan fingerprint density at radius 1 is 1.38 bits per heavy atom. The van der Waals surface area contributed by atoms with Gasteiger partial charge in [0.25, 0.3) is 0 Å². The summed E-state index contributed by atoms with van der Waals surface area (Å²) in [5.74, 6) is 5.76. The van der Waals surface area contributed by atoms with E-state index in [2.05, 4.69) is 16.6 Å². The summed E-state index contributed by atoms with van der Waals surface area (Å²) in [7, 11) is -3.64. The van der Waals surface area contributed by atoms with E-state index in [0.717, 1.165) is 6.42 Å². The highest BCUT2D eigenvalue weighted by Crippen LogP contribution is 2.23. The van der Waals surface area contributed by atoms with Gasteiger partial charge in [-0.15, -0.1) is 0 Å². The van der Waals surface area contributed by atoms with Gasteiger partial charge in [-0.3, -0.25) is 0 Å². The summed E-state index contributed by atoms with van der Waals surface area (Å²) < 4.78 is 27.4. The number of halogens is 1. The highest BCUT2D eigenvalue weighted by molar-refractivity contribution is 7.89. The first-order valence-electron chi connectivity index (χ1n) is 6.82. The molecule has 0 radical (unpaired) electrons. The van der Waals surface area contributed by atoms with Crippen LogP contribution in [0.25, 0.3) is 0 Å². The number of hydrogen-bond acceptors (Lipinski definition) is 3. The lowest BCUT2D eigenvalue weighted by Crippen LogP contribution is -2.37. The van der Waals surface area contributed by atoms with Crippen LogP contribution in [0.2, 0.25) is 5.02 Å². The molecule has 1 aromatic rings. The van der Waals surface area contributed by atoms with Crippen LogP contribution in [0, 0.1) is 17.8 Å². The van der Waals surface area contributed by atoms with Crippen LogP contribution in [0.1, 0.15) is 32.8 Å². The van der Waals surface area contributed by atoms with E-state index in [1.807, 2.05) is 20.8 Å². The molecule has 0 amide bonds. The zero-order chi connectivity index (χ0) is 16.0. The van der Waals surface area contributed by atoms with Gasteiger partial charge in [0.05, 0.1) is 11.6 Å². The molecule has 2 unspecified atom stereocenters. The number of nitrogens with one attached hydrogen (secondary N) is 1. The molecule has 0 aromatic heterocycles. The van der Waals surface area contributed by atoms with Gasteiger partial charge in [-0.2, -0.15) is 0 Å². The molecule has 21 heavy (non-hydrogen) atoms. The average Bonchev–Trinajstić information content (AvgIpc) is 2.43. The molecule has 6 heteroatoms. The Morgan fingerprint density at radius 3 is 2.57 bits per heavy atom. The molecule has 1 rings (SSSR count). The van der Waals surface area contributed by atoms with Crippen LogP contribution in [0.4, 0.5) is 0 Å². The minimum atomic E-state index is -3.64. The normalized spacial score (nSPS) is 14.1. The summed E-state index contributed by atoms with van der Waals surface area (Å²) in [4.78, 5) is 0.0672. The van der Waals surface area contributed by atoms with Gasteiger partial charge in [-0.05, 0) is 31.0 Å². The maximum absolute atomic E-state index is 12.4. The van der Waals surface area contributed by atoms with Crippen molar-refractivity contribution in [2.75, 3.05) is 6.54 Å². The van der Waals surface area contributed by atoms with Crippen LogP contribution in [0.15, 0.2) is 23.1 Å². The van der Waals surface area contributed by atoms with Crippen molar-refractivity contribution in [1.29, 1.82) is 0 Å². The van der Waals surface area contributed by atoms with Gasteiger partial charge in [0.2, 0.25) is 10.0 Å². The van der Waals surface area contributed by atoms with E-state index in [4.69, 9.17) is 17.3 Å². The van der Waals surface area contributed by atoms with E-state index < -0.39 is 10.0 Å². The van der Waals surface area contributed by atoms with Crippen molar-refractivity contribution in [3.8, 4) is 11.8 Å². The minimum Gasteiger partial charge on any atom is -0.320 e. The SMILES string of the molecule is CCC(C)C(C)NS(=O)(=O)c1ccc(C#CCN)cc1Cl. The van der Waals surface area contributed by atoms with Crippen LogP contribution >= 0.6 is 11.6 Å². The molecule has 0 aliphatic heterocycles. The third-order valence-electron chi connectivity index (χ3n) is 3.39. The van der Waals surface area contributed by atoms with Gasteiger partial charge in [-0.1, -0.05) is 43.7 Å². The van der Waals surface area contributed by atoms with Crippen LogP contribution in [0.3, 0.4) is 0 Å². The average molecular weight is 329 g/mol. The van der Waals surface area contributed by atoms with E-state index in [9.17, 15) is 8.42 Å². The quantitative estimate of drug-likeness (QED) is 0.815. The lowest BCUT2D eigenvalue weighted by Gasteiger charge is -2.20. The van der Waals surface area contributed by atoms with Gasteiger partial charge in [0.15, 0.2) is 0 Å². The van der Waals surface area contributed by atoms with Crippen LogP contribution in [-0.2, 0) is 10.0 Å². The molecule has 1 aromatic carbocycles. The number of sulfonamides is 1. The summed E-state index contributed by atoms with van der Waals surface area (Å²) >= 11 is 6.07. The predicted molar refractivity (Wildman–Crippen MR) is 86.6 cm³/mol. The molecule has 0 saturated heterocycles. The number of rotatable bonds is 5. The first-order valence-corrected chi connectivity index (χ1v) is 8.68. The molecule has 0 fully saturated rings. The highest BCUT2D eigenvalue weighted by atomic mass is 35.5. The first-order chi connectivity index (χ1) is 9.81. The fourth-order valence-electron chi connectivity index (χ4n) is 1.73. The molecule has 4 nitrogen and oxygen atoms in total. The van der Waals surface area contributed by atoms with Crippen molar-refractivity contribution < 1.29 is 8.42 Å². The second kappa shape index (κ2) is 7.81. The fraction of sp³-hybridized carbons (Fsp3) is 0.467. The van der Waals surface area contributed by atoms with E-state index in [0.29, 0.717) is 5.56 Å². The van der Waals surface area contributed by atoms with Crippen molar-refractivity contribution in [2.24, 2.45) is 11.7 Å². The molecule has 2 atom stereocenters. The molecule has 0 aliphatic carbocycles. The molecule has 0 aliphatic rings. The van der Waals surface area contributed by atoms with Crippen molar-refractivity contribution in [3.63, 3.8) is 0 Å². The number of nitrogens with two attached hydrogens (primary N) is 1. The number of hydrogen-bond donors (Lipinski definition) is 2. The summed E-state index contributed by atoms with van der Waals surface area (Å²) in [5.41, 5.74) is 5.94. The second-order valence-electron chi connectivity index (χ2n) is 4.95. The molecule has 0 heterocycles. The van der Waals surface area contributed by atoms with E-state index >= 15 is 0 Å². The van der Waals surface area contributed by atoms with Gasteiger partial charge in [0.1, 0.15) is 4.90 Å². The summed E-state index contributed by atoms with van der Waals surface area (Å²) in [6, 6.07) is 4.46. The minimum absolute atomic E-state index is 0.0672. The Hall–Kier alpha value is -1.06. The standard InChI is InChI=1S/C15H21ClN2O2S/c1-4-11(2)12(3)18-21(19,20)15-8-7-13(6-5-9-17)10-14(15)16/h7-8,10-12,18H,4,9,17H2,1-3H3. The Labute approximate surface area is 132 Å². The highest BCUT2D eigenvalue weighted by Gasteiger charge is 2.22. The van der Waals surface area contributed by atoms with Crippen LogP contribution in [-0.4, -0.2) is 21.0 Å². The molecule has 0 saturated carbocycles. The molecule has 0 bridgehead atoms. The summed E-state index contributed by atoms with van der Waals surface area (Å²) in [6.07, 6.45) is 0.894. The number of benzene rings is 1. The molecule has 116 valence electrons. The Morgan fingerprint density at radius 2 is 2.05 bits per heavy atom. The largest absolute Gasteiger partial charge is 0.320 e. The van der Waals surface area contributed by atoms with Gasteiger partial charge in [-0.25, -0.2) is 13.1 Å². The van der Waals surface area contributed by atoms with Crippen molar-refractivity contribution in [2.45, 2.75) is 38.1 Å². The molecular weight excluding hydrogens is 308 g/mol. The van der Waals surface area contributed by atoms with Crippen molar-refractivity contribution in [3.05, 3.63) is 28.8 Å². The molecular formula is C15H21ClN2O2S. The Bertz CT molecular complexity index is 647. The Kier molecular flexibility index (Phi) is 6.69. The van der Waals surface area contributed by atoms with E-state index in [-0.39, 0.29) is 28.4 Å². The third-order valence-corrected chi connectivity index (χ3v) is 5.44. The fourth-order valence-corrected chi connectivity index (χ4v) is 3.62. The van der Waals surface area contributed by atoms with Gasteiger partial charge >= 0.3 is 0 Å². The van der Waals surface area contributed by atoms with Crippen molar-refractivity contribution in [1.82, 2.24) is 4.72 Å². The second-order valence-corrected chi connectivity index (χ2v) is 7.04. The molecule has 0 spiro atoms. The van der Waals surface area contributed by atoms with Gasteiger partial charge in [0, 0.05) is 11.6 Å². The molecule has 3 N–H and O–H groups in total.